The maximum atomic E-state index is 12.4. The lowest BCUT2D eigenvalue weighted by Crippen LogP contribution is -2.38. The zero-order chi connectivity index (χ0) is 14.5. The fourth-order valence-corrected chi connectivity index (χ4v) is 1.95. The highest BCUT2D eigenvalue weighted by Crippen LogP contribution is 2.09. The van der Waals surface area contributed by atoms with Crippen molar-refractivity contribution in [2.24, 2.45) is 0 Å². The van der Waals surface area contributed by atoms with E-state index in [1.54, 1.807) is 0 Å². The normalized spacial score (nSPS) is 10.8. The predicted octanol–water partition coefficient (Wildman–Crippen LogP) is 1.30. The number of nitrogens with zero attached hydrogens (tertiary/aromatic N) is 4. The van der Waals surface area contributed by atoms with Crippen molar-refractivity contribution >= 4 is 11.9 Å². The maximum absolute atomic E-state index is 12.4. The van der Waals surface area contributed by atoms with E-state index < -0.39 is 0 Å². The zero-order valence-corrected chi connectivity index (χ0v) is 11.7. The van der Waals surface area contributed by atoms with E-state index in [9.17, 15) is 4.79 Å². The third-order valence-electron chi connectivity index (χ3n) is 2.99. The summed E-state index contributed by atoms with van der Waals surface area (Å²) < 4.78 is 1.46. The molecule has 0 saturated heterocycles. The van der Waals surface area contributed by atoms with Gasteiger partial charge in [0.25, 0.3) is 0 Å². The molecule has 0 bridgehead atoms. The van der Waals surface area contributed by atoms with Gasteiger partial charge in [-0.3, -0.25) is 4.79 Å². The molecule has 0 aliphatic rings. The van der Waals surface area contributed by atoms with Crippen LogP contribution in [0.15, 0.2) is 36.7 Å². The minimum absolute atomic E-state index is 0.00578. The average Bonchev–Trinajstić information content (AvgIpc) is 2.82. The first-order valence-electron chi connectivity index (χ1n) is 6.54. The van der Waals surface area contributed by atoms with E-state index in [1.807, 2.05) is 49.1 Å². The van der Waals surface area contributed by atoms with Crippen LogP contribution in [0.3, 0.4) is 0 Å². The van der Waals surface area contributed by atoms with E-state index in [0.717, 1.165) is 5.56 Å². The Morgan fingerprint density at radius 1 is 1.35 bits per heavy atom. The molecule has 0 fully saturated rings. The number of amides is 1. The van der Waals surface area contributed by atoms with Gasteiger partial charge >= 0.3 is 0 Å². The molecule has 1 aromatic heterocycles. The lowest BCUT2D eigenvalue weighted by atomic mass is 10.2. The summed E-state index contributed by atoms with van der Waals surface area (Å²) in [6.45, 7) is 4.73. The molecule has 1 amide bonds. The molecule has 2 N–H and O–H groups in total. The predicted molar refractivity (Wildman–Crippen MR) is 76.6 cm³/mol. The van der Waals surface area contributed by atoms with E-state index in [2.05, 4.69) is 10.1 Å². The van der Waals surface area contributed by atoms with Crippen molar-refractivity contribution in [3.63, 3.8) is 0 Å². The molecule has 1 aromatic carbocycles. The first kappa shape index (κ1) is 14.0. The van der Waals surface area contributed by atoms with Gasteiger partial charge in [-0.15, -0.1) is 5.10 Å². The molecule has 0 unspecified atom stereocenters. The van der Waals surface area contributed by atoms with Gasteiger partial charge in [-0.1, -0.05) is 30.3 Å². The quantitative estimate of drug-likeness (QED) is 0.890. The molecule has 2 rings (SSSR count). The third-order valence-corrected chi connectivity index (χ3v) is 2.99. The van der Waals surface area contributed by atoms with Crippen molar-refractivity contribution in [3.8, 4) is 0 Å². The molecule has 2 aromatic rings. The molecular weight excluding hydrogens is 254 g/mol. The number of carbonyl (C=O) groups excluding carboxylic acids is 1. The molecule has 0 atom stereocenters. The molecule has 0 aliphatic carbocycles. The fourth-order valence-electron chi connectivity index (χ4n) is 1.95. The Morgan fingerprint density at radius 2 is 2.05 bits per heavy atom. The number of hydrogen-bond acceptors (Lipinski definition) is 4. The SMILES string of the molecule is CC(C)N(Cc1ccccc1)C(=O)Cn1cnc(N)n1. The molecule has 106 valence electrons. The topological polar surface area (TPSA) is 77.0 Å². The number of benzene rings is 1. The number of rotatable bonds is 5. The number of aromatic nitrogens is 3. The van der Waals surface area contributed by atoms with Gasteiger partial charge < -0.3 is 10.6 Å². The van der Waals surface area contributed by atoms with Crippen LogP contribution in [0.25, 0.3) is 0 Å². The van der Waals surface area contributed by atoms with Gasteiger partial charge in [0, 0.05) is 12.6 Å². The third kappa shape index (κ3) is 3.57. The van der Waals surface area contributed by atoms with Crippen molar-refractivity contribution in [2.45, 2.75) is 33.0 Å². The number of nitrogen functional groups attached to an aromatic ring is 1. The highest BCUT2D eigenvalue weighted by atomic mass is 16.2. The number of nitrogens with two attached hydrogens (primary N) is 1. The van der Waals surface area contributed by atoms with Crippen molar-refractivity contribution in [2.75, 3.05) is 5.73 Å². The lowest BCUT2D eigenvalue weighted by Gasteiger charge is -2.26. The van der Waals surface area contributed by atoms with Crippen LogP contribution in [0.1, 0.15) is 19.4 Å². The summed E-state index contributed by atoms with van der Waals surface area (Å²) in [7, 11) is 0. The monoisotopic (exact) mass is 273 g/mol. The molecule has 0 saturated carbocycles. The highest BCUT2D eigenvalue weighted by molar-refractivity contribution is 5.76. The first-order chi connectivity index (χ1) is 9.56. The first-order valence-corrected chi connectivity index (χ1v) is 6.54. The van der Waals surface area contributed by atoms with Gasteiger partial charge in [0.1, 0.15) is 12.9 Å². The van der Waals surface area contributed by atoms with E-state index in [-0.39, 0.29) is 24.4 Å². The standard InChI is InChI=1S/C14H19N5O/c1-11(2)19(8-12-6-4-3-5-7-12)13(20)9-18-10-16-14(15)17-18/h3-7,10-11H,8-9H2,1-2H3,(H2,15,17). The molecule has 0 radical (unpaired) electrons. The molecule has 0 aliphatic heterocycles. The minimum atomic E-state index is -0.00578. The van der Waals surface area contributed by atoms with Crippen LogP contribution < -0.4 is 5.73 Å². The molecule has 1 heterocycles. The Bertz CT molecular complexity index is 564. The summed E-state index contributed by atoms with van der Waals surface area (Å²) in [6, 6.07) is 10.0. The fraction of sp³-hybridized carbons (Fsp3) is 0.357. The van der Waals surface area contributed by atoms with Gasteiger partial charge in [-0.2, -0.15) is 0 Å². The van der Waals surface area contributed by atoms with Crippen LogP contribution in [0.4, 0.5) is 5.95 Å². The average molecular weight is 273 g/mol. The van der Waals surface area contributed by atoms with Crippen LogP contribution in [0.2, 0.25) is 0 Å². The van der Waals surface area contributed by atoms with E-state index in [0.29, 0.717) is 6.54 Å². The van der Waals surface area contributed by atoms with Crippen molar-refractivity contribution in [1.82, 2.24) is 19.7 Å². The minimum Gasteiger partial charge on any atom is -0.367 e. The van der Waals surface area contributed by atoms with E-state index in [4.69, 9.17) is 5.73 Å². The summed E-state index contributed by atoms with van der Waals surface area (Å²) in [5.41, 5.74) is 6.55. The van der Waals surface area contributed by atoms with Crippen molar-refractivity contribution in [1.29, 1.82) is 0 Å². The Labute approximate surface area is 118 Å². The maximum Gasteiger partial charge on any atom is 0.244 e. The Kier molecular flexibility index (Phi) is 4.34. The second kappa shape index (κ2) is 6.18. The van der Waals surface area contributed by atoms with Crippen LogP contribution >= 0.6 is 0 Å². The van der Waals surface area contributed by atoms with E-state index in [1.165, 1.54) is 11.0 Å². The van der Waals surface area contributed by atoms with Crippen molar-refractivity contribution in [3.05, 3.63) is 42.2 Å². The second-order valence-corrected chi connectivity index (χ2v) is 4.90. The molecule has 6 heteroatoms. The highest BCUT2D eigenvalue weighted by Gasteiger charge is 2.18. The molecular formula is C14H19N5O. The zero-order valence-electron chi connectivity index (χ0n) is 11.7. The summed E-state index contributed by atoms with van der Waals surface area (Å²) in [5.74, 6) is 0.172. The summed E-state index contributed by atoms with van der Waals surface area (Å²) in [6.07, 6.45) is 1.47. The van der Waals surface area contributed by atoms with Gasteiger partial charge in [0.2, 0.25) is 11.9 Å². The largest absolute Gasteiger partial charge is 0.367 e. The number of hydrogen-bond donors (Lipinski definition) is 1. The Hall–Kier alpha value is -2.37. The van der Waals surface area contributed by atoms with Crippen LogP contribution in [-0.2, 0) is 17.9 Å². The molecule has 0 spiro atoms. The van der Waals surface area contributed by atoms with Gasteiger partial charge in [-0.25, -0.2) is 9.67 Å². The van der Waals surface area contributed by atoms with Crippen LogP contribution in [-0.4, -0.2) is 31.6 Å². The van der Waals surface area contributed by atoms with Crippen molar-refractivity contribution < 1.29 is 4.79 Å². The number of carbonyl (C=O) groups is 1. The molecule has 20 heavy (non-hydrogen) atoms. The number of anilines is 1. The van der Waals surface area contributed by atoms with Gasteiger partial charge in [-0.05, 0) is 19.4 Å². The Balaban J connectivity index is 2.06. The smallest absolute Gasteiger partial charge is 0.244 e. The summed E-state index contributed by atoms with van der Waals surface area (Å²) in [4.78, 5) is 18.0. The summed E-state index contributed by atoms with van der Waals surface area (Å²) >= 11 is 0. The Morgan fingerprint density at radius 3 is 2.60 bits per heavy atom. The van der Waals surface area contributed by atoms with Gasteiger partial charge in [0.15, 0.2) is 0 Å². The molecule has 6 nitrogen and oxygen atoms in total. The van der Waals surface area contributed by atoms with Crippen LogP contribution in [0, 0.1) is 0 Å². The van der Waals surface area contributed by atoms with Crippen LogP contribution in [0.5, 0.6) is 0 Å². The van der Waals surface area contributed by atoms with E-state index >= 15 is 0 Å². The lowest BCUT2D eigenvalue weighted by molar-refractivity contribution is -0.134. The van der Waals surface area contributed by atoms with Gasteiger partial charge in [0.05, 0.1) is 0 Å². The summed E-state index contributed by atoms with van der Waals surface area (Å²) in [5, 5.41) is 3.94. The second-order valence-electron chi connectivity index (χ2n) is 4.90.